The lowest BCUT2D eigenvalue weighted by atomic mass is 10.0. The first-order chi connectivity index (χ1) is 9.70. The van der Waals surface area contributed by atoms with Gasteiger partial charge in [0, 0.05) is 25.7 Å². The Hall–Kier alpha value is -0.900. The van der Waals surface area contributed by atoms with Crippen LogP contribution in [-0.2, 0) is 17.7 Å². The molecule has 20 heavy (non-hydrogen) atoms. The summed E-state index contributed by atoms with van der Waals surface area (Å²) in [5, 5.41) is 3.60. The Morgan fingerprint density at radius 1 is 1.30 bits per heavy atom. The largest absolute Gasteiger partial charge is 0.383 e. The number of benzene rings is 1. The molecule has 0 saturated heterocycles. The van der Waals surface area contributed by atoms with Gasteiger partial charge in [0.1, 0.15) is 0 Å². The van der Waals surface area contributed by atoms with E-state index in [0.29, 0.717) is 6.04 Å². The van der Waals surface area contributed by atoms with Crippen LogP contribution in [0.2, 0.25) is 0 Å². The van der Waals surface area contributed by atoms with Gasteiger partial charge in [-0.2, -0.15) is 0 Å². The monoisotopic (exact) mass is 276 g/mol. The third kappa shape index (κ3) is 4.89. The van der Waals surface area contributed by atoms with E-state index in [2.05, 4.69) is 48.5 Å². The van der Waals surface area contributed by atoms with Crippen molar-refractivity contribution in [3.63, 3.8) is 0 Å². The molecular weight excluding hydrogens is 248 g/mol. The van der Waals surface area contributed by atoms with Crippen molar-refractivity contribution in [2.75, 3.05) is 27.3 Å². The molecule has 1 fully saturated rings. The van der Waals surface area contributed by atoms with E-state index < -0.39 is 0 Å². The van der Waals surface area contributed by atoms with Crippen molar-refractivity contribution < 1.29 is 4.74 Å². The topological polar surface area (TPSA) is 24.5 Å². The zero-order chi connectivity index (χ0) is 14.4. The van der Waals surface area contributed by atoms with Crippen molar-refractivity contribution in [1.29, 1.82) is 0 Å². The summed E-state index contributed by atoms with van der Waals surface area (Å²) in [5.41, 5.74) is 2.91. The molecule has 1 saturated carbocycles. The van der Waals surface area contributed by atoms with Crippen LogP contribution in [0, 0.1) is 0 Å². The first-order valence-corrected chi connectivity index (χ1v) is 7.70. The lowest BCUT2D eigenvalue weighted by molar-refractivity contribution is 0.112. The number of nitrogens with zero attached hydrogens (tertiary/aromatic N) is 1. The second-order valence-corrected chi connectivity index (χ2v) is 5.97. The minimum absolute atomic E-state index is 0.442. The van der Waals surface area contributed by atoms with Gasteiger partial charge in [0.2, 0.25) is 0 Å². The number of ether oxygens (including phenoxy) is 1. The minimum atomic E-state index is 0.442. The molecule has 1 aromatic carbocycles. The number of hydrogen-bond donors (Lipinski definition) is 1. The first kappa shape index (κ1) is 15.5. The zero-order valence-corrected chi connectivity index (χ0v) is 13.1. The second kappa shape index (κ2) is 7.77. The van der Waals surface area contributed by atoms with Crippen molar-refractivity contribution >= 4 is 0 Å². The van der Waals surface area contributed by atoms with Gasteiger partial charge in [0.15, 0.2) is 0 Å². The van der Waals surface area contributed by atoms with Gasteiger partial charge in [-0.3, -0.25) is 4.90 Å². The number of hydrogen-bond acceptors (Lipinski definition) is 3. The fourth-order valence-corrected chi connectivity index (χ4v) is 2.45. The summed E-state index contributed by atoms with van der Waals surface area (Å²) in [4.78, 5) is 2.36. The molecule has 1 aliphatic carbocycles. The van der Waals surface area contributed by atoms with Crippen molar-refractivity contribution in [3.05, 3.63) is 35.4 Å². The maximum Gasteiger partial charge on any atom is 0.0615 e. The summed E-state index contributed by atoms with van der Waals surface area (Å²) < 4.78 is 5.24. The van der Waals surface area contributed by atoms with Crippen molar-refractivity contribution in [2.45, 2.75) is 44.8 Å². The molecule has 0 spiro atoms. The smallest absolute Gasteiger partial charge is 0.0615 e. The number of likely N-dealkylation sites (N-methyl/N-ethyl adjacent to an activating group) is 1. The molecule has 1 unspecified atom stereocenters. The fraction of sp³-hybridized carbons (Fsp3) is 0.647. The first-order valence-electron chi connectivity index (χ1n) is 7.70. The summed E-state index contributed by atoms with van der Waals surface area (Å²) in [6, 6.07) is 10.0. The van der Waals surface area contributed by atoms with Crippen LogP contribution >= 0.6 is 0 Å². The van der Waals surface area contributed by atoms with E-state index in [1.165, 1.54) is 24.0 Å². The summed E-state index contributed by atoms with van der Waals surface area (Å²) in [6.45, 7) is 5.08. The van der Waals surface area contributed by atoms with Gasteiger partial charge in [0.05, 0.1) is 6.61 Å². The predicted octanol–water partition coefficient (Wildman–Crippen LogP) is 2.45. The third-order valence-corrected chi connectivity index (χ3v) is 4.10. The summed E-state index contributed by atoms with van der Waals surface area (Å²) in [5.74, 6) is 0. The Morgan fingerprint density at radius 2 is 2.00 bits per heavy atom. The van der Waals surface area contributed by atoms with Crippen LogP contribution in [0.25, 0.3) is 0 Å². The normalized spacial score (nSPS) is 16.6. The van der Waals surface area contributed by atoms with Crippen LogP contribution in [0.5, 0.6) is 0 Å². The van der Waals surface area contributed by atoms with Crippen LogP contribution in [0.3, 0.4) is 0 Å². The molecule has 0 bridgehead atoms. The second-order valence-electron chi connectivity index (χ2n) is 5.97. The molecule has 1 aliphatic rings. The van der Waals surface area contributed by atoms with E-state index in [-0.39, 0.29) is 0 Å². The molecule has 1 N–H and O–H groups in total. The third-order valence-electron chi connectivity index (χ3n) is 4.10. The zero-order valence-electron chi connectivity index (χ0n) is 13.1. The molecule has 0 heterocycles. The Kier molecular flexibility index (Phi) is 6.02. The van der Waals surface area contributed by atoms with Crippen LogP contribution in [0.4, 0.5) is 0 Å². The van der Waals surface area contributed by atoms with Gasteiger partial charge in [-0.25, -0.2) is 0 Å². The average molecular weight is 276 g/mol. The molecular formula is C17H28N2O. The molecule has 0 aliphatic heterocycles. The van der Waals surface area contributed by atoms with E-state index in [1.807, 2.05) is 0 Å². The van der Waals surface area contributed by atoms with Gasteiger partial charge in [-0.15, -0.1) is 0 Å². The lowest BCUT2D eigenvalue weighted by Gasteiger charge is -2.25. The highest BCUT2D eigenvalue weighted by molar-refractivity contribution is 5.27. The maximum atomic E-state index is 5.24. The minimum Gasteiger partial charge on any atom is -0.383 e. The van der Waals surface area contributed by atoms with E-state index in [9.17, 15) is 0 Å². The fourth-order valence-electron chi connectivity index (χ4n) is 2.45. The van der Waals surface area contributed by atoms with E-state index >= 15 is 0 Å². The molecule has 0 aromatic heterocycles. The summed E-state index contributed by atoms with van der Waals surface area (Å²) >= 11 is 0. The van der Waals surface area contributed by atoms with Crippen molar-refractivity contribution in [1.82, 2.24) is 10.2 Å². The van der Waals surface area contributed by atoms with E-state index in [4.69, 9.17) is 4.74 Å². The van der Waals surface area contributed by atoms with Crippen LogP contribution in [0.1, 0.15) is 30.9 Å². The van der Waals surface area contributed by atoms with Crippen molar-refractivity contribution in [2.24, 2.45) is 0 Å². The Balaban J connectivity index is 1.88. The lowest BCUT2D eigenvalue weighted by Crippen LogP contribution is -2.32. The molecule has 0 amide bonds. The van der Waals surface area contributed by atoms with Gasteiger partial charge >= 0.3 is 0 Å². The highest BCUT2D eigenvalue weighted by Crippen LogP contribution is 2.19. The highest BCUT2D eigenvalue weighted by atomic mass is 16.5. The van der Waals surface area contributed by atoms with E-state index in [1.54, 1.807) is 7.11 Å². The average Bonchev–Trinajstić information content (AvgIpc) is 3.25. The predicted molar refractivity (Wildman–Crippen MR) is 84.0 cm³/mol. The van der Waals surface area contributed by atoms with Crippen LogP contribution < -0.4 is 5.32 Å². The van der Waals surface area contributed by atoms with E-state index in [0.717, 1.165) is 32.2 Å². The Bertz CT molecular complexity index is 404. The van der Waals surface area contributed by atoms with Gasteiger partial charge in [0.25, 0.3) is 0 Å². The highest BCUT2D eigenvalue weighted by Gasteiger charge is 2.19. The number of nitrogens with one attached hydrogen (secondary N) is 1. The molecule has 0 radical (unpaired) electrons. The number of methoxy groups -OCH3 is 1. The molecule has 3 heteroatoms. The Morgan fingerprint density at radius 3 is 2.65 bits per heavy atom. The standard InChI is InChI=1S/C17H28N2O/c1-14(13-20-3)19(2)12-16-7-5-4-6-15(16)10-11-18-17-8-9-17/h4-7,14,17-18H,8-13H2,1-3H3. The molecule has 1 atom stereocenters. The Labute approximate surface area is 123 Å². The molecule has 3 nitrogen and oxygen atoms in total. The molecule has 2 rings (SSSR count). The maximum absolute atomic E-state index is 5.24. The SMILES string of the molecule is COCC(C)N(C)Cc1ccccc1CCNC1CC1. The van der Waals surface area contributed by atoms with Crippen LogP contribution in [-0.4, -0.2) is 44.3 Å². The quantitative estimate of drug-likeness (QED) is 0.750. The molecule has 112 valence electrons. The summed E-state index contributed by atoms with van der Waals surface area (Å²) in [7, 11) is 3.94. The van der Waals surface area contributed by atoms with Gasteiger partial charge < -0.3 is 10.1 Å². The van der Waals surface area contributed by atoms with Gasteiger partial charge in [-0.05, 0) is 50.9 Å². The van der Waals surface area contributed by atoms with Gasteiger partial charge in [-0.1, -0.05) is 24.3 Å². The molecule has 1 aromatic rings. The van der Waals surface area contributed by atoms with Crippen molar-refractivity contribution in [3.8, 4) is 0 Å². The number of rotatable bonds is 9. The summed E-state index contributed by atoms with van der Waals surface area (Å²) in [6.07, 6.45) is 3.84. The van der Waals surface area contributed by atoms with Crippen LogP contribution in [0.15, 0.2) is 24.3 Å².